The summed E-state index contributed by atoms with van der Waals surface area (Å²) in [4.78, 5) is 14.0. The normalized spacial score (nSPS) is 17.8. The van der Waals surface area contributed by atoms with Crippen molar-refractivity contribution in [3.63, 3.8) is 0 Å². The highest BCUT2D eigenvalue weighted by Crippen LogP contribution is 2.44. The summed E-state index contributed by atoms with van der Waals surface area (Å²) in [6.07, 6.45) is 4.17. The molecule has 1 unspecified atom stereocenters. The molecule has 0 fully saturated rings. The average molecular weight is 470 g/mol. The lowest BCUT2D eigenvalue weighted by Crippen LogP contribution is -2.49. The van der Waals surface area contributed by atoms with Crippen molar-refractivity contribution in [1.82, 2.24) is 0 Å². The number of esters is 1. The first-order valence-electron chi connectivity index (χ1n) is 12.1. The molecule has 0 spiro atoms. The summed E-state index contributed by atoms with van der Waals surface area (Å²) in [5.41, 5.74) is 7.01. The number of methoxy groups -OCH3 is 2. The molecule has 0 aliphatic carbocycles. The number of carbonyl (C=O) groups is 1. The molecule has 0 aromatic heterocycles. The molecule has 0 saturated carbocycles. The van der Waals surface area contributed by atoms with Gasteiger partial charge in [-0.15, -0.1) is 0 Å². The van der Waals surface area contributed by atoms with Gasteiger partial charge in [-0.3, -0.25) is 0 Å². The molecule has 4 nitrogen and oxygen atoms in total. The molecule has 35 heavy (non-hydrogen) atoms. The van der Waals surface area contributed by atoms with Crippen LogP contribution in [0.25, 0.3) is 6.08 Å². The van der Waals surface area contributed by atoms with Gasteiger partial charge >= 0.3 is 5.97 Å². The molecule has 1 aliphatic rings. The zero-order chi connectivity index (χ0) is 25.2. The third-order valence-corrected chi connectivity index (χ3v) is 7.11. The number of hydrogen-bond donors (Lipinski definition) is 0. The van der Waals surface area contributed by atoms with Crippen LogP contribution >= 0.6 is 0 Å². The van der Waals surface area contributed by atoms with E-state index in [1.54, 1.807) is 13.2 Å². The summed E-state index contributed by atoms with van der Waals surface area (Å²) in [6, 6.07) is 23.9. The molecule has 1 aliphatic heterocycles. The van der Waals surface area contributed by atoms with Gasteiger partial charge in [0.25, 0.3) is 0 Å². The van der Waals surface area contributed by atoms with E-state index in [0.717, 1.165) is 24.3 Å². The second-order valence-electron chi connectivity index (χ2n) is 10.3. The zero-order valence-electron chi connectivity index (χ0n) is 21.6. The first-order chi connectivity index (χ1) is 16.7. The first kappa shape index (κ1) is 24.6. The van der Waals surface area contributed by atoms with Gasteiger partial charge in [-0.05, 0) is 76.9 Å². The van der Waals surface area contributed by atoms with Gasteiger partial charge in [-0.25, -0.2) is 4.79 Å². The second-order valence-corrected chi connectivity index (χ2v) is 10.3. The molecule has 0 N–H and O–H groups in total. The fourth-order valence-corrected chi connectivity index (χ4v) is 4.97. The molecule has 0 amide bonds. The van der Waals surface area contributed by atoms with Crippen LogP contribution in [0.5, 0.6) is 5.75 Å². The largest absolute Gasteiger partial charge is 0.497 e. The van der Waals surface area contributed by atoms with Gasteiger partial charge in [-0.2, -0.15) is 0 Å². The average Bonchev–Trinajstić information content (AvgIpc) is 2.87. The molecule has 1 atom stereocenters. The van der Waals surface area contributed by atoms with Crippen molar-refractivity contribution in [1.29, 1.82) is 0 Å². The Kier molecular flexibility index (Phi) is 6.75. The van der Waals surface area contributed by atoms with Crippen molar-refractivity contribution < 1.29 is 14.3 Å². The summed E-state index contributed by atoms with van der Waals surface area (Å²) in [5, 5.41) is 0. The molecule has 4 heteroatoms. The first-order valence-corrected chi connectivity index (χ1v) is 12.1. The third-order valence-electron chi connectivity index (χ3n) is 7.11. The second kappa shape index (κ2) is 9.61. The van der Waals surface area contributed by atoms with Gasteiger partial charge < -0.3 is 14.4 Å². The monoisotopic (exact) mass is 469 g/mol. The standard InChI is InChI=1S/C31H35NO3/c1-30(2,3)24-12-14-26(15-13-24)32-20-19-23-21-27(34-5)16-17-28(23)31(32,4)25-10-7-22(8-11-25)9-18-29(33)35-6/h7-18,21H,19-20H2,1-6H3/b18-9+. The van der Waals surface area contributed by atoms with Crippen LogP contribution in [0.15, 0.2) is 72.8 Å². The Morgan fingerprint density at radius 1 is 0.971 bits per heavy atom. The number of rotatable bonds is 5. The minimum atomic E-state index is -0.367. The van der Waals surface area contributed by atoms with E-state index in [9.17, 15) is 4.79 Å². The fourth-order valence-electron chi connectivity index (χ4n) is 4.97. The van der Waals surface area contributed by atoms with E-state index in [0.29, 0.717) is 0 Å². The Morgan fingerprint density at radius 2 is 1.66 bits per heavy atom. The van der Waals surface area contributed by atoms with Crippen molar-refractivity contribution in [2.45, 2.75) is 45.1 Å². The Morgan fingerprint density at radius 3 is 2.26 bits per heavy atom. The third kappa shape index (κ3) is 4.84. The van der Waals surface area contributed by atoms with Crippen LogP contribution in [0.1, 0.15) is 55.5 Å². The lowest BCUT2D eigenvalue weighted by molar-refractivity contribution is -0.134. The lowest BCUT2D eigenvalue weighted by atomic mass is 9.76. The van der Waals surface area contributed by atoms with Crippen LogP contribution in [0.4, 0.5) is 5.69 Å². The smallest absolute Gasteiger partial charge is 0.330 e. The molecule has 4 rings (SSSR count). The van der Waals surface area contributed by atoms with Crippen molar-refractivity contribution in [3.8, 4) is 5.75 Å². The molecule has 182 valence electrons. The quantitative estimate of drug-likeness (QED) is 0.316. The molecule has 0 saturated heterocycles. The Labute approximate surface area is 209 Å². The Hall–Kier alpha value is -3.53. The summed E-state index contributed by atoms with van der Waals surface area (Å²) < 4.78 is 10.2. The number of hydrogen-bond acceptors (Lipinski definition) is 4. The summed E-state index contributed by atoms with van der Waals surface area (Å²) in [6.45, 7) is 9.93. The molecule has 0 bridgehead atoms. The molecule has 3 aromatic rings. The van der Waals surface area contributed by atoms with Gasteiger partial charge in [0.15, 0.2) is 0 Å². The fraction of sp³-hybridized carbons (Fsp3) is 0.323. The van der Waals surface area contributed by atoms with Crippen LogP contribution < -0.4 is 9.64 Å². The number of carbonyl (C=O) groups excluding carboxylic acids is 1. The predicted octanol–water partition coefficient (Wildman–Crippen LogP) is 6.51. The highest BCUT2D eigenvalue weighted by molar-refractivity contribution is 5.86. The minimum Gasteiger partial charge on any atom is -0.497 e. The van der Waals surface area contributed by atoms with Crippen LogP contribution in [-0.4, -0.2) is 26.7 Å². The summed E-state index contributed by atoms with van der Waals surface area (Å²) in [5.74, 6) is 0.526. The zero-order valence-corrected chi connectivity index (χ0v) is 21.6. The minimum absolute atomic E-state index is 0.112. The Bertz CT molecular complexity index is 1220. The maximum Gasteiger partial charge on any atom is 0.330 e. The van der Waals surface area contributed by atoms with Crippen molar-refractivity contribution >= 4 is 17.7 Å². The van der Waals surface area contributed by atoms with Crippen molar-refractivity contribution in [2.24, 2.45) is 0 Å². The molecule has 3 aromatic carbocycles. The van der Waals surface area contributed by atoms with E-state index >= 15 is 0 Å². The van der Waals surface area contributed by atoms with Crippen LogP contribution in [0.2, 0.25) is 0 Å². The van der Waals surface area contributed by atoms with Gasteiger partial charge in [0, 0.05) is 18.3 Å². The van der Waals surface area contributed by atoms with Crippen LogP contribution in [0.3, 0.4) is 0 Å². The lowest BCUT2D eigenvalue weighted by Gasteiger charge is -2.48. The van der Waals surface area contributed by atoms with E-state index in [4.69, 9.17) is 9.47 Å². The van der Waals surface area contributed by atoms with Gasteiger partial charge in [0.05, 0.1) is 19.8 Å². The van der Waals surface area contributed by atoms with E-state index in [-0.39, 0.29) is 16.9 Å². The maximum atomic E-state index is 11.5. The number of anilines is 1. The molecule has 0 radical (unpaired) electrons. The van der Waals surface area contributed by atoms with Gasteiger partial charge in [-0.1, -0.05) is 63.2 Å². The number of nitrogens with zero attached hydrogens (tertiary/aromatic N) is 1. The maximum absolute atomic E-state index is 11.5. The number of ether oxygens (including phenoxy) is 2. The van der Waals surface area contributed by atoms with Crippen molar-refractivity contribution in [3.05, 3.63) is 101 Å². The summed E-state index contributed by atoms with van der Waals surface area (Å²) >= 11 is 0. The Balaban J connectivity index is 1.80. The van der Waals surface area contributed by atoms with E-state index in [2.05, 4.69) is 99.3 Å². The van der Waals surface area contributed by atoms with E-state index in [1.807, 2.05) is 0 Å². The highest BCUT2D eigenvalue weighted by Gasteiger charge is 2.40. The molecular weight excluding hydrogens is 434 g/mol. The number of benzene rings is 3. The van der Waals surface area contributed by atoms with Crippen LogP contribution in [-0.2, 0) is 26.9 Å². The van der Waals surface area contributed by atoms with E-state index < -0.39 is 0 Å². The number of fused-ring (bicyclic) bond motifs is 1. The van der Waals surface area contributed by atoms with Gasteiger partial charge in [0.2, 0.25) is 0 Å². The topological polar surface area (TPSA) is 38.8 Å². The molecule has 1 heterocycles. The molecular formula is C31H35NO3. The predicted molar refractivity (Wildman–Crippen MR) is 143 cm³/mol. The summed E-state index contributed by atoms with van der Waals surface area (Å²) in [7, 11) is 3.10. The van der Waals surface area contributed by atoms with Crippen LogP contribution in [0, 0.1) is 0 Å². The van der Waals surface area contributed by atoms with Crippen molar-refractivity contribution in [2.75, 3.05) is 25.7 Å². The van der Waals surface area contributed by atoms with Gasteiger partial charge in [0.1, 0.15) is 5.75 Å². The van der Waals surface area contributed by atoms with E-state index in [1.165, 1.54) is 41.1 Å². The SMILES string of the molecule is COC(=O)/C=C/c1ccc(C2(C)c3ccc(OC)cc3CCN2c2ccc(C(C)(C)C)cc2)cc1. The highest BCUT2D eigenvalue weighted by atomic mass is 16.5.